The minimum Gasteiger partial charge on any atom is -0.486 e. The second-order valence-electron chi connectivity index (χ2n) is 5.86. The predicted molar refractivity (Wildman–Crippen MR) is 81.4 cm³/mol. The Balaban J connectivity index is 1.85. The van der Waals surface area contributed by atoms with Crippen LogP contribution in [0.5, 0.6) is 11.5 Å². The van der Waals surface area contributed by atoms with Gasteiger partial charge in [-0.3, -0.25) is 16.2 Å². The lowest BCUT2D eigenvalue weighted by atomic mass is 9.96. The van der Waals surface area contributed by atoms with Crippen LogP contribution in [0.2, 0.25) is 0 Å². The number of rotatable bonds is 3. The third-order valence-electron chi connectivity index (χ3n) is 4.39. The van der Waals surface area contributed by atoms with Gasteiger partial charge in [0.2, 0.25) is 0 Å². The van der Waals surface area contributed by atoms with Crippen LogP contribution in [0.25, 0.3) is 0 Å². The zero-order valence-electron chi connectivity index (χ0n) is 12.7. The van der Waals surface area contributed by atoms with Crippen molar-refractivity contribution >= 4 is 0 Å². The Labute approximate surface area is 125 Å². The van der Waals surface area contributed by atoms with Crippen LogP contribution in [0.1, 0.15) is 11.6 Å². The third-order valence-corrected chi connectivity index (χ3v) is 4.39. The van der Waals surface area contributed by atoms with Crippen LogP contribution >= 0.6 is 0 Å². The molecule has 1 fully saturated rings. The molecule has 3 N–H and O–H groups in total. The maximum atomic E-state index is 5.85. The summed E-state index contributed by atoms with van der Waals surface area (Å²) >= 11 is 0. The Bertz CT molecular complexity index is 497. The minimum absolute atomic E-state index is 0.0635. The Kier molecular flexibility index (Phi) is 4.30. The van der Waals surface area contributed by atoms with Crippen molar-refractivity contribution in [3.8, 4) is 11.5 Å². The summed E-state index contributed by atoms with van der Waals surface area (Å²) < 4.78 is 11.3. The van der Waals surface area contributed by atoms with E-state index in [9.17, 15) is 0 Å². The van der Waals surface area contributed by atoms with Crippen molar-refractivity contribution in [2.45, 2.75) is 12.1 Å². The molecule has 2 atom stereocenters. The number of fused-ring (bicyclic) bond motifs is 1. The zero-order valence-corrected chi connectivity index (χ0v) is 12.7. The molecule has 0 amide bonds. The van der Waals surface area contributed by atoms with Crippen molar-refractivity contribution in [3.63, 3.8) is 0 Å². The highest BCUT2D eigenvalue weighted by Crippen LogP contribution is 2.34. The summed E-state index contributed by atoms with van der Waals surface area (Å²) in [6.07, 6.45) is 0. The van der Waals surface area contributed by atoms with Gasteiger partial charge in [0, 0.05) is 25.7 Å². The van der Waals surface area contributed by atoms with Crippen molar-refractivity contribution in [1.29, 1.82) is 0 Å². The van der Waals surface area contributed by atoms with Gasteiger partial charge in [-0.05, 0) is 31.8 Å². The number of hydrogen-bond acceptors (Lipinski definition) is 6. The van der Waals surface area contributed by atoms with E-state index in [1.807, 2.05) is 12.1 Å². The van der Waals surface area contributed by atoms with E-state index in [-0.39, 0.29) is 6.04 Å². The van der Waals surface area contributed by atoms with Crippen LogP contribution in [-0.2, 0) is 0 Å². The lowest BCUT2D eigenvalue weighted by molar-refractivity contribution is 0.0874. The molecule has 0 aromatic heterocycles. The van der Waals surface area contributed by atoms with E-state index < -0.39 is 0 Å². The summed E-state index contributed by atoms with van der Waals surface area (Å²) in [6.45, 7) is 4.33. The number of nitrogens with two attached hydrogens (primary N) is 1. The normalized spacial score (nSPS) is 24.8. The van der Waals surface area contributed by atoms with Crippen molar-refractivity contribution in [2.75, 3.05) is 46.9 Å². The molecule has 3 rings (SSSR count). The van der Waals surface area contributed by atoms with Gasteiger partial charge in [-0.25, -0.2) is 0 Å². The van der Waals surface area contributed by atoms with Gasteiger partial charge >= 0.3 is 0 Å². The first-order valence-corrected chi connectivity index (χ1v) is 7.43. The summed E-state index contributed by atoms with van der Waals surface area (Å²) in [4.78, 5) is 4.70. The smallest absolute Gasteiger partial charge is 0.161 e. The van der Waals surface area contributed by atoms with Crippen LogP contribution < -0.4 is 20.7 Å². The van der Waals surface area contributed by atoms with Crippen LogP contribution in [0, 0.1) is 0 Å². The molecule has 0 saturated carbocycles. The standard InChI is InChI=1S/C15H24N4O2/c1-18-5-6-19(2)12(10-18)15(17-16)11-3-4-13-14(9-11)21-8-7-20-13/h3-4,9,12,15,17H,5-8,10,16H2,1-2H3. The lowest BCUT2D eigenvalue weighted by Gasteiger charge is -2.42. The van der Waals surface area contributed by atoms with Gasteiger partial charge in [0.25, 0.3) is 0 Å². The first-order valence-electron chi connectivity index (χ1n) is 7.43. The first kappa shape index (κ1) is 14.6. The molecule has 2 aliphatic heterocycles. The summed E-state index contributed by atoms with van der Waals surface area (Å²) in [5.41, 5.74) is 4.11. The van der Waals surface area contributed by atoms with Gasteiger partial charge in [0.05, 0.1) is 6.04 Å². The molecule has 21 heavy (non-hydrogen) atoms. The molecular weight excluding hydrogens is 268 g/mol. The number of hydrogen-bond donors (Lipinski definition) is 2. The second-order valence-corrected chi connectivity index (χ2v) is 5.86. The zero-order chi connectivity index (χ0) is 14.8. The molecule has 0 spiro atoms. The number of ether oxygens (including phenoxy) is 2. The van der Waals surface area contributed by atoms with E-state index in [4.69, 9.17) is 15.3 Å². The van der Waals surface area contributed by atoms with Gasteiger partial charge in [0.1, 0.15) is 13.2 Å². The van der Waals surface area contributed by atoms with E-state index in [1.165, 1.54) is 0 Å². The summed E-state index contributed by atoms with van der Waals surface area (Å²) in [7, 11) is 4.30. The van der Waals surface area contributed by atoms with Crippen LogP contribution in [0.4, 0.5) is 0 Å². The maximum Gasteiger partial charge on any atom is 0.161 e. The van der Waals surface area contributed by atoms with E-state index >= 15 is 0 Å². The van der Waals surface area contributed by atoms with Crippen molar-refractivity contribution in [3.05, 3.63) is 23.8 Å². The fourth-order valence-corrected chi connectivity index (χ4v) is 3.09. The molecule has 0 radical (unpaired) electrons. The molecular formula is C15H24N4O2. The van der Waals surface area contributed by atoms with Gasteiger partial charge in [0.15, 0.2) is 11.5 Å². The fraction of sp³-hybridized carbons (Fsp3) is 0.600. The van der Waals surface area contributed by atoms with Crippen LogP contribution in [-0.4, -0.2) is 62.8 Å². The average molecular weight is 292 g/mol. The topological polar surface area (TPSA) is 63.0 Å². The predicted octanol–water partition coefficient (Wildman–Crippen LogP) is 0.208. The molecule has 6 nitrogen and oxygen atoms in total. The maximum absolute atomic E-state index is 5.85. The second kappa shape index (κ2) is 6.19. The van der Waals surface area contributed by atoms with Gasteiger partial charge in [-0.15, -0.1) is 0 Å². The Morgan fingerprint density at radius 1 is 1.19 bits per heavy atom. The molecule has 1 aromatic rings. The van der Waals surface area contributed by atoms with E-state index in [1.54, 1.807) is 0 Å². The number of nitrogens with zero attached hydrogens (tertiary/aromatic N) is 2. The monoisotopic (exact) mass is 292 g/mol. The minimum atomic E-state index is 0.0635. The third kappa shape index (κ3) is 2.98. The first-order chi connectivity index (χ1) is 10.2. The van der Waals surface area contributed by atoms with Crippen molar-refractivity contribution < 1.29 is 9.47 Å². The highest BCUT2D eigenvalue weighted by Gasteiger charge is 2.31. The van der Waals surface area contributed by atoms with E-state index in [0.29, 0.717) is 19.3 Å². The Hall–Kier alpha value is -1.34. The average Bonchev–Trinajstić information content (AvgIpc) is 2.51. The van der Waals surface area contributed by atoms with Gasteiger partial charge in [-0.2, -0.15) is 0 Å². The fourth-order valence-electron chi connectivity index (χ4n) is 3.09. The molecule has 2 heterocycles. The molecule has 0 aliphatic carbocycles. The van der Waals surface area contributed by atoms with E-state index in [2.05, 4.69) is 35.4 Å². The van der Waals surface area contributed by atoms with Crippen LogP contribution in [0.3, 0.4) is 0 Å². The highest BCUT2D eigenvalue weighted by molar-refractivity contribution is 5.45. The number of likely N-dealkylation sites (N-methyl/N-ethyl adjacent to an activating group) is 2. The number of hydrazine groups is 1. The molecule has 2 unspecified atom stereocenters. The number of benzene rings is 1. The molecule has 1 saturated heterocycles. The molecule has 1 aromatic carbocycles. The SMILES string of the molecule is CN1CCN(C)C(C(NN)c2ccc3c(c2)OCCO3)C1. The molecule has 6 heteroatoms. The van der Waals surface area contributed by atoms with Gasteiger partial charge in [-0.1, -0.05) is 6.07 Å². The van der Waals surface area contributed by atoms with Gasteiger partial charge < -0.3 is 14.4 Å². The number of nitrogens with one attached hydrogen (secondary N) is 1. The summed E-state index contributed by atoms with van der Waals surface area (Å²) in [6, 6.07) is 6.48. The lowest BCUT2D eigenvalue weighted by Crippen LogP contribution is -2.56. The van der Waals surface area contributed by atoms with Crippen LogP contribution in [0.15, 0.2) is 18.2 Å². The molecule has 0 bridgehead atoms. The largest absolute Gasteiger partial charge is 0.486 e. The Morgan fingerprint density at radius 2 is 1.95 bits per heavy atom. The van der Waals surface area contributed by atoms with Crippen molar-refractivity contribution in [1.82, 2.24) is 15.2 Å². The summed E-state index contributed by atoms with van der Waals surface area (Å²) in [5, 5.41) is 0. The summed E-state index contributed by atoms with van der Waals surface area (Å²) in [5.74, 6) is 7.48. The quantitative estimate of drug-likeness (QED) is 0.613. The number of piperazine rings is 1. The molecule has 2 aliphatic rings. The van der Waals surface area contributed by atoms with Crippen molar-refractivity contribution in [2.24, 2.45) is 5.84 Å². The highest BCUT2D eigenvalue weighted by atomic mass is 16.6. The van der Waals surface area contributed by atoms with E-state index in [0.717, 1.165) is 36.7 Å². The Morgan fingerprint density at radius 3 is 2.71 bits per heavy atom. The molecule has 116 valence electrons.